The maximum Gasteiger partial charge on any atom is 0.0468 e. The Balaban J connectivity index is 0.944. The molecule has 0 atom stereocenters. The van der Waals surface area contributed by atoms with E-state index in [0.717, 1.165) is 17.1 Å². The first-order chi connectivity index (χ1) is 34.2. The molecule has 0 aliphatic carbocycles. The number of nitrogens with zero attached hydrogens (tertiary/aromatic N) is 1. The maximum absolute atomic E-state index is 2.40. The Bertz CT molecular complexity index is 3930. The van der Waals surface area contributed by atoms with Crippen LogP contribution in [-0.4, -0.2) is 0 Å². The maximum atomic E-state index is 2.40. The number of para-hydroxylation sites is 2. The van der Waals surface area contributed by atoms with Crippen LogP contribution in [0.15, 0.2) is 273 Å². The summed E-state index contributed by atoms with van der Waals surface area (Å²) in [6, 6.07) is 99.9. The first-order valence-electron chi connectivity index (χ1n) is 23.8. The summed E-state index contributed by atoms with van der Waals surface area (Å²) in [7, 11) is 0. The Morgan fingerprint density at radius 3 is 1.00 bits per heavy atom. The number of fused-ring (bicyclic) bond motifs is 5. The number of hydrogen-bond acceptors (Lipinski definition) is 1. The van der Waals surface area contributed by atoms with Gasteiger partial charge in [0.2, 0.25) is 0 Å². The van der Waals surface area contributed by atoms with Gasteiger partial charge in [-0.1, -0.05) is 224 Å². The van der Waals surface area contributed by atoms with Crippen molar-refractivity contribution in [3.8, 4) is 55.6 Å². The minimum Gasteiger partial charge on any atom is -0.310 e. The highest BCUT2D eigenvalue weighted by Crippen LogP contribution is 2.48. The topological polar surface area (TPSA) is 3.24 Å². The molecule has 13 rings (SSSR count). The lowest BCUT2D eigenvalue weighted by molar-refractivity contribution is 1.29. The van der Waals surface area contributed by atoms with E-state index in [1.54, 1.807) is 0 Å². The van der Waals surface area contributed by atoms with Crippen molar-refractivity contribution >= 4 is 70.9 Å². The highest BCUT2D eigenvalue weighted by Gasteiger charge is 2.21. The van der Waals surface area contributed by atoms with Gasteiger partial charge in [-0.3, -0.25) is 0 Å². The van der Waals surface area contributed by atoms with Crippen molar-refractivity contribution < 1.29 is 0 Å². The molecule has 0 N–H and O–H groups in total. The summed E-state index contributed by atoms with van der Waals surface area (Å²) < 4.78 is 0. The largest absolute Gasteiger partial charge is 0.310 e. The molecule has 0 heterocycles. The lowest BCUT2D eigenvalue weighted by Crippen LogP contribution is -2.09. The Kier molecular flexibility index (Phi) is 9.91. The summed E-state index contributed by atoms with van der Waals surface area (Å²) in [5.74, 6) is 0. The van der Waals surface area contributed by atoms with Crippen LogP contribution in [-0.2, 0) is 0 Å². The third-order valence-electron chi connectivity index (χ3n) is 14.0. The number of rotatable bonds is 8. The van der Waals surface area contributed by atoms with Gasteiger partial charge in [-0.05, 0) is 158 Å². The van der Waals surface area contributed by atoms with E-state index in [-0.39, 0.29) is 0 Å². The van der Waals surface area contributed by atoms with Gasteiger partial charge in [-0.15, -0.1) is 0 Å². The van der Waals surface area contributed by atoms with Crippen molar-refractivity contribution in [3.05, 3.63) is 273 Å². The Morgan fingerprint density at radius 1 is 0.174 bits per heavy atom. The van der Waals surface area contributed by atoms with Crippen LogP contribution in [0.2, 0.25) is 0 Å². The Hall–Kier alpha value is -9.04. The molecule has 0 aliphatic rings. The van der Waals surface area contributed by atoms with Crippen molar-refractivity contribution in [2.75, 3.05) is 4.90 Å². The van der Waals surface area contributed by atoms with E-state index in [0.29, 0.717) is 0 Å². The van der Waals surface area contributed by atoms with Crippen LogP contribution >= 0.6 is 0 Å². The summed E-state index contributed by atoms with van der Waals surface area (Å²) in [6.07, 6.45) is 0. The fraction of sp³-hybridized carbons (Fsp3) is 0. The number of hydrogen-bond donors (Lipinski definition) is 0. The average Bonchev–Trinajstić information content (AvgIpc) is 3.42. The number of anilines is 3. The summed E-state index contributed by atoms with van der Waals surface area (Å²) >= 11 is 0. The predicted octanol–water partition coefficient (Wildman–Crippen LogP) is 19.3. The molecule has 0 saturated carbocycles. The minimum absolute atomic E-state index is 1.13. The average molecular weight is 876 g/mol. The monoisotopic (exact) mass is 875 g/mol. The summed E-state index contributed by atoms with van der Waals surface area (Å²) in [4.78, 5) is 2.33. The molecule has 0 unspecified atom stereocenters. The SMILES string of the molecule is c1ccc(-c2ccc3c(-c4ccc(-c5c6ccccc6c(-c6ccc7cc(N(c8ccccc8)c8ccccc8)ccc7c6)c6ccccc56)cc4)c4ccccc4c(-c4ccccc4)c3c2)cc1. The van der Waals surface area contributed by atoms with E-state index >= 15 is 0 Å². The third-order valence-corrected chi connectivity index (χ3v) is 14.0. The first-order valence-corrected chi connectivity index (χ1v) is 23.8. The molecule has 0 spiro atoms. The molecular weight excluding hydrogens is 831 g/mol. The van der Waals surface area contributed by atoms with Crippen molar-refractivity contribution in [1.82, 2.24) is 0 Å². The number of benzene rings is 13. The lowest BCUT2D eigenvalue weighted by Gasteiger charge is -2.25. The Labute approximate surface area is 402 Å². The van der Waals surface area contributed by atoms with E-state index in [4.69, 9.17) is 0 Å². The van der Waals surface area contributed by atoms with Gasteiger partial charge in [-0.25, -0.2) is 0 Å². The second-order valence-corrected chi connectivity index (χ2v) is 18.0. The van der Waals surface area contributed by atoms with E-state index in [2.05, 4.69) is 278 Å². The minimum atomic E-state index is 1.13. The zero-order chi connectivity index (χ0) is 45.7. The van der Waals surface area contributed by atoms with Gasteiger partial charge >= 0.3 is 0 Å². The first kappa shape index (κ1) is 40.3. The molecule has 0 saturated heterocycles. The zero-order valence-electron chi connectivity index (χ0n) is 37.9. The van der Waals surface area contributed by atoms with Crippen molar-refractivity contribution in [1.29, 1.82) is 0 Å². The van der Waals surface area contributed by atoms with Crippen LogP contribution < -0.4 is 4.90 Å². The van der Waals surface area contributed by atoms with Crippen LogP contribution in [0.25, 0.3) is 109 Å². The highest BCUT2D eigenvalue weighted by atomic mass is 15.1. The summed E-state index contributed by atoms with van der Waals surface area (Å²) in [5.41, 5.74) is 15.7. The van der Waals surface area contributed by atoms with E-state index < -0.39 is 0 Å². The molecule has 0 amide bonds. The summed E-state index contributed by atoms with van der Waals surface area (Å²) in [5, 5.41) is 12.4. The Morgan fingerprint density at radius 2 is 0.507 bits per heavy atom. The molecule has 69 heavy (non-hydrogen) atoms. The van der Waals surface area contributed by atoms with Crippen LogP contribution in [0.4, 0.5) is 17.1 Å². The second kappa shape index (κ2) is 17.0. The molecule has 0 aliphatic heterocycles. The quantitative estimate of drug-likeness (QED) is 0.138. The molecule has 322 valence electrons. The molecule has 13 aromatic carbocycles. The molecule has 0 fully saturated rings. The fourth-order valence-corrected chi connectivity index (χ4v) is 10.9. The third kappa shape index (κ3) is 7.03. The predicted molar refractivity (Wildman–Crippen MR) is 296 cm³/mol. The standard InChI is InChI=1S/C68H45N/c1-5-19-46(20-6-1)52-40-42-63-64(45-52)67(47-21-7-2-8-22-47)60-30-16-13-27-57(60)66(63)49-35-33-48(34-36-49)65-58-28-14-17-31-61(58)68(62-32-18-15-29-59(62)65)53-38-37-51-44-56(41-39-50(51)43-53)69(54-23-9-3-10-24-54)55-25-11-4-12-26-55/h1-45H. The van der Waals surface area contributed by atoms with E-state index in [9.17, 15) is 0 Å². The summed E-state index contributed by atoms with van der Waals surface area (Å²) in [6.45, 7) is 0. The van der Waals surface area contributed by atoms with Gasteiger partial charge in [0.25, 0.3) is 0 Å². The van der Waals surface area contributed by atoms with Gasteiger partial charge in [0.15, 0.2) is 0 Å². The van der Waals surface area contributed by atoms with Gasteiger partial charge < -0.3 is 4.90 Å². The zero-order valence-corrected chi connectivity index (χ0v) is 37.9. The molecule has 1 nitrogen and oxygen atoms in total. The van der Waals surface area contributed by atoms with Crippen LogP contribution in [0.1, 0.15) is 0 Å². The van der Waals surface area contributed by atoms with Gasteiger partial charge in [0.05, 0.1) is 0 Å². The van der Waals surface area contributed by atoms with Gasteiger partial charge in [0, 0.05) is 17.1 Å². The molecule has 0 radical (unpaired) electrons. The molecule has 1 heteroatoms. The highest BCUT2D eigenvalue weighted by molar-refractivity contribution is 6.24. The van der Waals surface area contributed by atoms with E-state index in [1.165, 1.54) is 109 Å². The normalized spacial score (nSPS) is 11.5. The van der Waals surface area contributed by atoms with Crippen molar-refractivity contribution in [2.24, 2.45) is 0 Å². The van der Waals surface area contributed by atoms with Crippen LogP contribution in [0.5, 0.6) is 0 Å². The second-order valence-electron chi connectivity index (χ2n) is 18.0. The van der Waals surface area contributed by atoms with Crippen LogP contribution in [0.3, 0.4) is 0 Å². The van der Waals surface area contributed by atoms with Crippen molar-refractivity contribution in [2.45, 2.75) is 0 Å². The van der Waals surface area contributed by atoms with E-state index in [1.807, 2.05) is 0 Å². The van der Waals surface area contributed by atoms with Gasteiger partial charge in [-0.2, -0.15) is 0 Å². The lowest BCUT2D eigenvalue weighted by atomic mass is 9.83. The smallest absolute Gasteiger partial charge is 0.0468 e. The van der Waals surface area contributed by atoms with Crippen molar-refractivity contribution in [3.63, 3.8) is 0 Å². The molecule has 0 bridgehead atoms. The molecule has 0 aromatic heterocycles. The molecular formula is C68H45N. The van der Waals surface area contributed by atoms with Crippen LogP contribution in [0, 0.1) is 0 Å². The fourth-order valence-electron chi connectivity index (χ4n) is 10.9. The molecule has 13 aromatic rings. The van der Waals surface area contributed by atoms with Gasteiger partial charge in [0.1, 0.15) is 0 Å².